The molecule has 24 heavy (non-hydrogen) atoms. The van der Waals surface area contributed by atoms with E-state index in [0.717, 1.165) is 6.42 Å². The molecule has 3 amide bonds. The molecular formula is C17H20N2O5. The fraction of sp³-hybridized carbons (Fsp3) is 0.412. The van der Waals surface area contributed by atoms with Gasteiger partial charge in [0, 0.05) is 32.0 Å². The van der Waals surface area contributed by atoms with Crippen LogP contribution in [0.4, 0.5) is 0 Å². The number of hydrogen-bond donors (Lipinski definition) is 0. The molecule has 7 nitrogen and oxygen atoms in total. The Morgan fingerprint density at radius 1 is 1.21 bits per heavy atom. The minimum atomic E-state index is -0.803. The van der Waals surface area contributed by atoms with Gasteiger partial charge in [-0.05, 0) is 37.1 Å². The number of amides is 3. The highest BCUT2D eigenvalue weighted by Gasteiger charge is 2.33. The van der Waals surface area contributed by atoms with Crippen molar-refractivity contribution in [2.24, 2.45) is 0 Å². The standard InChI is InChI=1S/C17H20N2O5/c1-4-9-18(3)16(22)13-6-5-12(10-11(13)2)17(23)24-19-14(20)7-8-15(19)21/h5-6,10H,4,7-9H2,1-3H3. The number of carbonyl (C=O) groups excluding carboxylic acids is 4. The van der Waals surface area contributed by atoms with Crippen LogP contribution in [0.15, 0.2) is 18.2 Å². The molecule has 7 heteroatoms. The molecule has 0 N–H and O–H groups in total. The fourth-order valence-corrected chi connectivity index (χ4v) is 2.47. The first-order valence-electron chi connectivity index (χ1n) is 7.79. The van der Waals surface area contributed by atoms with Crippen LogP contribution in [-0.4, -0.2) is 47.2 Å². The molecular weight excluding hydrogens is 312 g/mol. The lowest BCUT2D eigenvalue weighted by molar-refractivity contribution is -0.172. The Balaban J connectivity index is 2.14. The number of nitrogens with zero attached hydrogens (tertiary/aromatic N) is 2. The van der Waals surface area contributed by atoms with Gasteiger partial charge in [0.2, 0.25) is 0 Å². The topological polar surface area (TPSA) is 84.0 Å². The van der Waals surface area contributed by atoms with Crippen LogP contribution >= 0.6 is 0 Å². The van der Waals surface area contributed by atoms with Gasteiger partial charge in [0.1, 0.15) is 0 Å². The highest BCUT2D eigenvalue weighted by molar-refractivity contribution is 6.03. The van der Waals surface area contributed by atoms with Crippen LogP contribution in [0.1, 0.15) is 52.5 Å². The molecule has 1 aliphatic rings. The summed E-state index contributed by atoms with van der Waals surface area (Å²) in [6.45, 7) is 4.34. The van der Waals surface area contributed by atoms with E-state index in [1.807, 2.05) is 6.92 Å². The molecule has 0 spiro atoms. The van der Waals surface area contributed by atoms with Crippen LogP contribution in [0.5, 0.6) is 0 Å². The zero-order valence-corrected chi connectivity index (χ0v) is 14.0. The van der Waals surface area contributed by atoms with E-state index in [2.05, 4.69) is 0 Å². The van der Waals surface area contributed by atoms with Gasteiger partial charge >= 0.3 is 5.97 Å². The summed E-state index contributed by atoms with van der Waals surface area (Å²) in [5.41, 5.74) is 1.29. The van der Waals surface area contributed by atoms with E-state index in [0.29, 0.717) is 22.7 Å². The monoisotopic (exact) mass is 332 g/mol. The quantitative estimate of drug-likeness (QED) is 0.766. The van der Waals surface area contributed by atoms with E-state index < -0.39 is 17.8 Å². The molecule has 1 aliphatic heterocycles. The van der Waals surface area contributed by atoms with Gasteiger partial charge < -0.3 is 9.74 Å². The van der Waals surface area contributed by atoms with Crippen LogP contribution < -0.4 is 0 Å². The predicted molar refractivity (Wildman–Crippen MR) is 84.9 cm³/mol. The van der Waals surface area contributed by atoms with Crippen molar-refractivity contribution in [3.8, 4) is 0 Å². The molecule has 1 heterocycles. The first kappa shape index (κ1) is 17.7. The highest BCUT2D eigenvalue weighted by atomic mass is 16.7. The number of benzene rings is 1. The third-order valence-electron chi connectivity index (χ3n) is 3.78. The molecule has 0 aliphatic carbocycles. The Morgan fingerprint density at radius 3 is 2.38 bits per heavy atom. The van der Waals surface area contributed by atoms with Crippen molar-refractivity contribution in [3.63, 3.8) is 0 Å². The molecule has 0 atom stereocenters. The van der Waals surface area contributed by atoms with E-state index in [4.69, 9.17) is 4.84 Å². The molecule has 1 fully saturated rings. The Kier molecular flexibility index (Phi) is 5.33. The summed E-state index contributed by atoms with van der Waals surface area (Å²) < 4.78 is 0. The van der Waals surface area contributed by atoms with Crippen LogP contribution in [-0.2, 0) is 14.4 Å². The number of hydrogen-bond acceptors (Lipinski definition) is 5. The largest absolute Gasteiger partial charge is 0.363 e. The first-order valence-corrected chi connectivity index (χ1v) is 7.79. The maximum absolute atomic E-state index is 12.3. The molecule has 2 rings (SSSR count). The zero-order valence-electron chi connectivity index (χ0n) is 14.0. The van der Waals surface area contributed by atoms with Gasteiger partial charge in [-0.1, -0.05) is 6.92 Å². The molecule has 0 aromatic heterocycles. The molecule has 128 valence electrons. The van der Waals surface area contributed by atoms with Gasteiger partial charge in [0.15, 0.2) is 0 Å². The second kappa shape index (κ2) is 7.25. The van der Waals surface area contributed by atoms with Gasteiger partial charge in [-0.2, -0.15) is 0 Å². The summed E-state index contributed by atoms with van der Waals surface area (Å²) in [7, 11) is 1.72. The smallest absolute Gasteiger partial charge is 0.342 e. The van der Waals surface area contributed by atoms with Crippen LogP contribution in [0.3, 0.4) is 0 Å². The Bertz CT molecular complexity index is 682. The van der Waals surface area contributed by atoms with Crippen molar-refractivity contribution in [3.05, 3.63) is 34.9 Å². The minimum Gasteiger partial charge on any atom is -0.342 e. The lowest BCUT2D eigenvalue weighted by Crippen LogP contribution is -2.32. The summed E-state index contributed by atoms with van der Waals surface area (Å²) in [5.74, 6) is -1.99. The SMILES string of the molecule is CCCN(C)C(=O)c1ccc(C(=O)ON2C(=O)CCC2=O)cc1C. The fourth-order valence-electron chi connectivity index (χ4n) is 2.47. The van der Waals surface area contributed by atoms with Gasteiger partial charge in [0.25, 0.3) is 17.7 Å². The van der Waals surface area contributed by atoms with E-state index in [-0.39, 0.29) is 24.3 Å². The van der Waals surface area contributed by atoms with Crippen LogP contribution in [0, 0.1) is 6.92 Å². The lowest BCUT2D eigenvalue weighted by Gasteiger charge is -2.18. The normalized spacial score (nSPS) is 14.0. The third kappa shape index (κ3) is 3.61. The number of aryl methyl sites for hydroxylation is 1. The molecule has 1 saturated heterocycles. The second-order valence-electron chi connectivity index (χ2n) is 5.72. The van der Waals surface area contributed by atoms with Gasteiger partial charge in [-0.3, -0.25) is 14.4 Å². The van der Waals surface area contributed by atoms with Crippen molar-refractivity contribution in [1.29, 1.82) is 0 Å². The summed E-state index contributed by atoms with van der Waals surface area (Å²) in [6.07, 6.45) is 0.939. The van der Waals surface area contributed by atoms with Crippen molar-refractivity contribution in [1.82, 2.24) is 9.96 Å². The molecule has 0 radical (unpaired) electrons. The molecule has 0 bridgehead atoms. The number of carbonyl (C=O) groups is 4. The average Bonchev–Trinajstić information content (AvgIpc) is 2.86. The van der Waals surface area contributed by atoms with Crippen molar-refractivity contribution in [2.75, 3.05) is 13.6 Å². The summed E-state index contributed by atoms with van der Waals surface area (Å²) in [4.78, 5) is 53.8. The van der Waals surface area contributed by atoms with Crippen molar-refractivity contribution < 1.29 is 24.0 Å². The Hall–Kier alpha value is -2.70. The first-order chi connectivity index (χ1) is 11.3. The summed E-state index contributed by atoms with van der Waals surface area (Å²) in [5, 5.41) is 0.506. The van der Waals surface area contributed by atoms with E-state index in [1.165, 1.54) is 12.1 Å². The summed E-state index contributed by atoms with van der Waals surface area (Å²) >= 11 is 0. The Morgan fingerprint density at radius 2 is 1.83 bits per heavy atom. The maximum Gasteiger partial charge on any atom is 0.363 e. The third-order valence-corrected chi connectivity index (χ3v) is 3.78. The van der Waals surface area contributed by atoms with E-state index in [1.54, 1.807) is 24.9 Å². The predicted octanol–water partition coefficient (Wildman–Crippen LogP) is 1.70. The van der Waals surface area contributed by atoms with Crippen LogP contribution in [0.2, 0.25) is 0 Å². The number of imide groups is 1. The molecule has 1 aromatic carbocycles. The van der Waals surface area contributed by atoms with Gasteiger partial charge in [-0.15, -0.1) is 5.06 Å². The number of hydroxylamine groups is 2. The molecule has 0 unspecified atom stereocenters. The van der Waals surface area contributed by atoms with Gasteiger partial charge in [-0.25, -0.2) is 4.79 Å². The maximum atomic E-state index is 12.3. The van der Waals surface area contributed by atoms with E-state index in [9.17, 15) is 19.2 Å². The minimum absolute atomic E-state index is 0.0440. The van der Waals surface area contributed by atoms with Crippen molar-refractivity contribution >= 4 is 23.7 Å². The Labute approximate surface area is 140 Å². The lowest BCUT2D eigenvalue weighted by atomic mass is 10.0. The molecule has 1 aromatic rings. The zero-order chi connectivity index (χ0) is 17.9. The number of rotatable bonds is 5. The average molecular weight is 332 g/mol. The summed E-state index contributed by atoms with van der Waals surface area (Å²) in [6, 6.07) is 4.52. The van der Waals surface area contributed by atoms with Gasteiger partial charge in [0.05, 0.1) is 5.56 Å². The molecule has 0 saturated carbocycles. The highest BCUT2D eigenvalue weighted by Crippen LogP contribution is 2.17. The van der Waals surface area contributed by atoms with Crippen molar-refractivity contribution in [2.45, 2.75) is 33.1 Å². The van der Waals surface area contributed by atoms with Crippen LogP contribution in [0.25, 0.3) is 0 Å². The second-order valence-corrected chi connectivity index (χ2v) is 5.72. The van der Waals surface area contributed by atoms with E-state index >= 15 is 0 Å².